The Bertz CT molecular complexity index is 975. The van der Waals surface area contributed by atoms with Gasteiger partial charge in [-0.3, -0.25) is 5.32 Å². The van der Waals surface area contributed by atoms with Gasteiger partial charge in [-0.15, -0.1) is 5.10 Å². The number of carbonyl (C=O) groups excluding carboxylic acids is 1. The molecule has 0 atom stereocenters. The van der Waals surface area contributed by atoms with Crippen molar-refractivity contribution in [3.05, 3.63) is 53.8 Å². The second-order valence-electron chi connectivity index (χ2n) is 7.28. The van der Waals surface area contributed by atoms with Gasteiger partial charge in [0, 0.05) is 6.54 Å². The van der Waals surface area contributed by atoms with Crippen LogP contribution in [0.15, 0.2) is 41.1 Å². The summed E-state index contributed by atoms with van der Waals surface area (Å²) in [6, 6.07) is 9.76. The standard InChI is InChI=1S/C18H19N7O2/c1-12-19-16(27-22-12)18-7-14(8-18)10-25(18)17(26)20-15-11-24(23-21-15)9-13-5-3-2-4-6-13/h2-6,11,14H,7-10H2,1H3,(H,20,26). The molecule has 4 heterocycles. The summed E-state index contributed by atoms with van der Waals surface area (Å²) in [4.78, 5) is 19.0. The molecule has 2 saturated heterocycles. The Labute approximate surface area is 155 Å². The van der Waals surface area contributed by atoms with Crippen LogP contribution in [0.4, 0.5) is 10.6 Å². The summed E-state index contributed by atoms with van der Waals surface area (Å²) in [5, 5.41) is 14.9. The summed E-state index contributed by atoms with van der Waals surface area (Å²) in [5.41, 5.74) is 0.641. The zero-order valence-electron chi connectivity index (χ0n) is 14.9. The number of nitrogens with zero attached hydrogens (tertiary/aromatic N) is 6. The maximum absolute atomic E-state index is 12.9. The van der Waals surface area contributed by atoms with E-state index in [4.69, 9.17) is 4.52 Å². The van der Waals surface area contributed by atoms with Crippen molar-refractivity contribution in [2.24, 2.45) is 5.92 Å². The van der Waals surface area contributed by atoms with E-state index in [1.807, 2.05) is 30.3 Å². The lowest BCUT2D eigenvalue weighted by Gasteiger charge is -2.38. The maximum atomic E-state index is 12.9. The third kappa shape index (κ3) is 2.66. The smallest absolute Gasteiger partial charge is 0.324 e. The van der Waals surface area contributed by atoms with E-state index in [1.165, 1.54) is 0 Å². The van der Waals surface area contributed by atoms with Crippen LogP contribution in [0, 0.1) is 12.8 Å². The molecule has 1 saturated carbocycles. The monoisotopic (exact) mass is 365 g/mol. The SMILES string of the molecule is Cc1noc(C23CC(CN2C(=O)Nc2cn(Cc4ccccc4)nn2)C3)n1. The molecule has 2 bridgehead atoms. The van der Waals surface area contributed by atoms with Crippen LogP contribution < -0.4 is 5.32 Å². The summed E-state index contributed by atoms with van der Waals surface area (Å²) in [5.74, 6) is 2.02. The van der Waals surface area contributed by atoms with Gasteiger partial charge in [-0.05, 0) is 31.2 Å². The van der Waals surface area contributed by atoms with Crippen molar-refractivity contribution in [2.75, 3.05) is 11.9 Å². The van der Waals surface area contributed by atoms with Gasteiger partial charge in [0.1, 0.15) is 5.54 Å². The number of urea groups is 1. The number of carbonyl (C=O) groups is 1. The molecule has 1 aromatic carbocycles. The van der Waals surface area contributed by atoms with E-state index >= 15 is 0 Å². The van der Waals surface area contributed by atoms with Crippen molar-refractivity contribution in [3.63, 3.8) is 0 Å². The summed E-state index contributed by atoms with van der Waals surface area (Å²) >= 11 is 0. The average Bonchev–Trinajstić information content (AvgIpc) is 3.38. The Hall–Kier alpha value is -3.23. The number of hydrogen-bond acceptors (Lipinski definition) is 6. The molecule has 0 spiro atoms. The van der Waals surface area contributed by atoms with Crippen molar-refractivity contribution < 1.29 is 9.32 Å². The first-order valence-corrected chi connectivity index (χ1v) is 8.96. The summed E-state index contributed by atoms with van der Waals surface area (Å²) in [6.45, 7) is 3.07. The van der Waals surface area contributed by atoms with Crippen molar-refractivity contribution in [1.29, 1.82) is 0 Å². The number of anilines is 1. The number of benzene rings is 1. The summed E-state index contributed by atoms with van der Waals surface area (Å²) < 4.78 is 7.08. The number of amides is 2. The molecule has 3 aromatic rings. The molecular formula is C18H19N7O2. The molecule has 1 aliphatic carbocycles. The van der Waals surface area contributed by atoms with Crippen LogP contribution in [-0.2, 0) is 12.1 Å². The molecule has 9 nitrogen and oxygen atoms in total. The third-order valence-electron chi connectivity index (χ3n) is 5.34. The lowest BCUT2D eigenvalue weighted by atomic mass is 9.73. The lowest BCUT2D eigenvalue weighted by Crippen LogP contribution is -2.47. The normalized spacial score (nSPS) is 23.3. The van der Waals surface area contributed by atoms with E-state index in [0.717, 1.165) is 18.4 Å². The molecule has 1 N–H and O–H groups in total. The largest absolute Gasteiger partial charge is 0.337 e. The van der Waals surface area contributed by atoms with Gasteiger partial charge in [0.05, 0.1) is 12.7 Å². The Morgan fingerprint density at radius 3 is 2.89 bits per heavy atom. The highest BCUT2D eigenvalue weighted by Gasteiger charge is 2.62. The molecule has 3 fully saturated rings. The van der Waals surface area contributed by atoms with E-state index < -0.39 is 5.54 Å². The quantitative estimate of drug-likeness (QED) is 0.760. The maximum Gasteiger partial charge on any atom is 0.324 e. The predicted octanol–water partition coefficient (Wildman–Crippen LogP) is 2.17. The molecule has 2 amide bonds. The first-order valence-electron chi connectivity index (χ1n) is 8.96. The number of aromatic nitrogens is 5. The minimum absolute atomic E-state index is 0.211. The van der Waals surface area contributed by atoms with Crippen LogP contribution in [0.3, 0.4) is 0 Å². The summed E-state index contributed by atoms with van der Waals surface area (Å²) in [7, 11) is 0. The molecule has 2 aromatic heterocycles. The van der Waals surface area contributed by atoms with Crippen LogP contribution in [0.5, 0.6) is 0 Å². The first kappa shape index (κ1) is 16.0. The van der Waals surface area contributed by atoms with Gasteiger partial charge in [0.2, 0.25) is 0 Å². The van der Waals surface area contributed by atoms with Crippen LogP contribution in [0.25, 0.3) is 0 Å². The molecule has 3 aliphatic rings. The van der Waals surface area contributed by atoms with E-state index in [0.29, 0.717) is 36.5 Å². The Balaban J connectivity index is 1.30. The highest BCUT2D eigenvalue weighted by atomic mass is 16.5. The fourth-order valence-electron chi connectivity index (χ4n) is 4.11. The van der Waals surface area contributed by atoms with Gasteiger partial charge in [-0.25, -0.2) is 9.48 Å². The lowest BCUT2D eigenvalue weighted by molar-refractivity contribution is 0.0897. The van der Waals surface area contributed by atoms with E-state index in [1.54, 1.807) is 22.7 Å². The molecule has 9 heteroatoms. The number of aryl methyl sites for hydroxylation is 1. The van der Waals surface area contributed by atoms with Gasteiger partial charge in [-0.2, -0.15) is 4.98 Å². The minimum Gasteiger partial charge on any atom is -0.337 e. The first-order chi connectivity index (χ1) is 13.1. The highest BCUT2D eigenvalue weighted by Crippen LogP contribution is 2.56. The number of rotatable bonds is 4. The molecule has 138 valence electrons. The molecule has 6 rings (SSSR count). The number of nitrogens with one attached hydrogen (secondary N) is 1. The third-order valence-corrected chi connectivity index (χ3v) is 5.34. The zero-order valence-corrected chi connectivity index (χ0v) is 14.9. The number of fused-ring (bicyclic) bond motifs is 1. The van der Waals surface area contributed by atoms with Crippen LogP contribution in [0.2, 0.25) is 0 Å². The van der Waals surface area contributed by atoms with Gasteiger partial charge in [-0.1, -0.05) is 40.7 Å². The van der Waals surface area contributed by atoms with Crippen molar-refractivity contribution >= 4 is 11.8 Å². The number of hydrogen-bond donors (Lipinski definition) is 1. The molecule has 27 heavy (non-hydrogen) atoms. The fourth-order valence-corrected chi connectivity index (χ4v) is 4.11. The van der Waals surface area contributed by atoms with Gasteiger partial charge < -0.3 is 9.42 Å². The highest BCUT2D eigenvalue weighted by molar-refractivity contribution is 5.89. The Morgan fingerprint density at radius 2 is 2.15 bits per heavy atom. The predicted molar refractivity (Wildman–Crippen MR) is 94.7 cm³/mol. The van der Waals surface area contributed by atoms with E-state index in [9.17, 15) is 4.79 Å². The van der Waals surface area contributed by atoms with Crippen molar-refractivity contribution in [3.8, 4) is 0 Å². The summed E-state index contributed by atoms with van der Waals surface area (Å²) in [6.07, 6.45) is 3.46. The second kappa shape index (κ2) is 5.90. The Morgan fingerprint density at radius 1 is 1.33 bits per heavy atom. The van der Waals surface area contributed by atoms with Crippen LogP contribution >= 0.6 is 0 Å². The van der Waals surface area contributed by atoms with E-state index in [-0.39, 0.29) is 6.03 Å². The van der Waals surface area contributed by atoms with Gasteiger partial charge in [0.15, 0.2) is 11.6 Å². The van der Waals surface area contributed by atoms with Crippen molar-refractivity contribution in [1.82, 2.24) is 30.0 Å². The second-order valence-corrected chi connectivity index (χ2v) is 7.28. The van der Waals surface area contributed by atoms with Gasteiger partial charge in [0.25, 0.3) is 5.89 Å². The molecular weight excluding hydrogens is 346 g/mol. The van der Waals surface area contributed by atoms with Gasteiger partial charge >= 0.3 is 6.03 Å². The Kier molecular flexibility index (Phi) is 3.49. The zero-order chi connectivity index (χ0) is 18.4. The topological polar surface area (TPSA) is 102 Å². The average molecular weight is 365 g/mol. The molecule has 2 aliphatic heterocycles. The molecule has 0 radical (unpaired) electrons. The van der Waals surface area contributed by atoms with Crippen LogP contribution in [-0.4, -0.2) is 42.6 Å². The van der Waals surface area contributed by atoms with E-state index in [2.05, 4.69) is 25.8 Å². The van der Waals surface area contributed by atoms with Crippen molar-refractivity contribution in [2.45, 2.75) is 31.8 Å². The molecule has 0 unspecified atom stereocenters. The minimum atomic E-state index is -0.476. The fraction of sp³-hybridized carbons (Fsp3) is 0.389. The van der Waals surface area contributed by atoms with Crippen LogP contribution in [0.1, 0.15) is 30.1 Å².